The molecule has 0 radical (unpaired) electrons. The lowest BCUT2D eigenvalue weighted by Gasteiger charge is -2.39. The zero-order valence-electron chi connectivity index (χ0n) is 21.1. The van der Waals surface area contributed by atoms with Crippen molar-refractivity contribution in [1.29, 1.82) is 0 Å². The Hall–Kier alpha value is -3.68. The summed E-state index contributed by atoms with van der Waals surface area (Å²) >= 11 is 5.62. The average molecular weight is 576 g/mol. The molecule has 1 aliphatic rings. The minimum Gasteiger partial charge on any atom is -0.484 e. The number of piperidine rings is 1. The minimum absolute atomic E-state index is 0.0473. The first-order chi connectivity index (χ1) is 18.1. The largest absolute Gasteiger partial charge is 0.484 e. The standard InChI is InChI=1S/C24H26ClF4N5O5/c1-23(2,3)39-22(37)34-11-13(31-20(35)12-38-14-5-6-15(25)16(26)8-14)4-7-17(34)21(36)33-19-10-30-9-18(32-19)24(27,28)29/h5-6,8-10,13,17H,4,7,11-12H2,1-3H3,(H,31,35)(H,32,33,36)/t13-,17+/m0/s1. The van der Waals surface area contributed by atoms with Crippen LogP contribution in [0.5, 0.6) is 5.75 Å². The number of halogens is 5. The predicted molar refractivity (Wildman–Crippen MR) is 130 cm³/mol. The Balaban J connectivity index is 1.68. The quantitative estimate of drug-likeness (QED) is 0.495. The highest BCUT2D eigenvalue weighted by Gasteiger charge is 2.39. The van der Waals surface area contributed by atoms with Gasteiger partial charge in [0.25, 0.3) is 5.91 Å². The Morgan fingerprint density at radius 3 is 2.51 bits per heavy atom. The molecule has 0 spiro atoms. The van der Waals surface area contributed by atoms with Crippen molar-refractivity contribution in [3.05, 3.63) is 47.1 Å². The van der Waals surface area contributed by atoms with Gasteiger partial charge in [-0.3, -0.25) is 19.5 Å². The van der Waals surface area contributed by atoms with Crippen molar-refractivity contribution >= 4 is 35.3 Å². The Morgan fingerprint density at radius 2 is 1.87 bits per heavy atom. The van der Waals surface area contributed by atoms with Gasteiger partial charge < -0.3 is 20.1 Å². The van der Waals surface area contributed by atoms with E-state index in [2.05, 4.69) is 20.6 Å². The highest BCUT2D eigenvalue weighted by atomic mass is 35.5. The molecule has 1 aliphatic heterocycles. The number of benzene rings is 1. The Morgan fingerprint density at radius 1 is 1.15 bits per heavy atom. The van der Waals surface area contributed by atoms with Crippen LogP contribution in [0, 0.1) is 5.82 Å². The van der Waals surface area contributed by atoms with Crippen LogP contribution >= 0.6 is 11.6 Å². The number of nitrogens with zero attached hydrogens (tertiary/aromatic N) is 3. The molecule has 2 atom stereocenters. The zero-order chi connectivity index (χ0) is 29.0. The number of rotatable bonds is 6. The van der Waals surface area contributed by atoms with Gasteiger partial charge in [-0.25, -0.2) is 14.2 Å². The van der Waals surface area contributed by atoms with E-state index in [0.717, 1.165) is 17.2 Å². The molecule has 2 N–H and O–H groups in total. The first-order valence-electron chi connectivity index (χ1n) is 11.7. The number of nitrogens with one attached hydrogen (secondary N) is 2. The molecule has 2 aromatic rings. The number of ether oxygens (including phenoxy) is 2. The van der Waals surface area contributed by atoms with Gasteiger partial charge in [0.2, 0.25) is 5.91 Å². The summed E-state index contributed by atoms with van der Waals surface area (Å²) in [7, 11) is 0. The number of aromatic nitrogens is 2. The molecular weight excluding hydrogens is 550 g/mol. The number of carbonyl (C=O) groups is 3. The molecule has 1 aromatic carbocycles. The Bertz CT molecular complexity index is 1220. The lowest BCUT2D eigenvalue weighted by molar-refractivity contribution is -0.141. The van der Waals surface area contributed by atoms with Gasteiger partial charge in [-0.1, -0.05) is 11.6 Å². The van der Waals surface area contributed by atoms with Gasteiger partial charge >= 0.3 is 12.3 Å². The van der Waals surface area contributed by atoms with Gasteiger partial charge in [0, 0.05) is 18.7 Å². The third-order valence-corrected chi connectivity index (χ3v) is 5.62. The van der Waals surface area contributed by atoms with E-state index in [4.69, 9.17) is 21.1 Å². The van der Waals surface area contributed by atoms with Crippen molar-refractivity contribution in [2.45, 2.75) is 57.5 Å². The van der Waals surface area contributed by atoms with E-state index in [1.165, 1.54) is 12.1 Å². The summed E-state index contributed by atoms with van der Waals surface area (Å²) in [6, 6.07) is 1.96. The number of alkyl halides is 3. The number of anilines is 1. The molecule has 1 fully saturated rings. The van der Waals surface area contributed by atoms with Crippen molar-refractivity contribution < 1.29 is 41.4 Å². The molecule has 1 saturated heterocycles. The zero-order valence-corrected chi connectivity index (χ0v) is 21.9. The lowest BCUT2D eigenvalue weighted by atomic mass is 9.97. The SMILES string of the molecule is CC(C)(C)OC(=O)N1C[C@@H](NC(=O)COc2ccc(Cl)c(F)c2)CC[C@@H]1C(=O)Nc1cncc(C(F)(F)F)n1. The van der Waals surface area contributed by atoms with Crippen molar-refractivity contribution in [2.24, 2.45) is 0 Å². The van der Waals surface area contributed by atoms with Crippen molar-refractivity contribution in [2.75, 3.05) is 18.5 Å². The van der Waals surface area contributed by atoms with Crippen molar-refractivity contribution in [1.82, 2.24) is 20.2 Å². The van der Waals surface area contributed by atoms with Crippen molar-refractivity contribution in [3.63, 3.8) is 0 Å². The minimum atomic E-state index is -4.77. The molecular formula is C24H26ClF4N5O5. The normalized spacial score (nSPS) is 17.8. The second-order valence-electron chi connectivity index (χ2n) is 9.63. The van der Waals surface area contributed by atoms with E-state index in [1.807, 2.05) is 0 Å². The van der Waals surface area contributed by atoms with E-state index in [-0.39, 0.29) is 30.2 Å². The summed E-state index contributed by atoms with van der Waals surface area (Å²) < 4.78 is 63.1. The molecule has 39 heavy (non-hydrogen) atoms. The number of carbonyl (C=O) groups excluding carboxylic acids is 3. The third-order valence-electron chi connectivity index (χ3n) is 5.31. The molecule has 212 valence electrons. The fraction of sp³-hybridized carbons (Fsp3) is 0.458. The first kappa shape index (κ1) is 29.9. The van der Waals surface area contributed by atoms with Crippen molar-refractivity contribution in [3.8, 4) is 5.75 Å². The van der Waals surface area contributed by atoms with E-state index >= 15 is 0 Å². The number of amides is 3. The maximum Gasteiger partial charge on any atom is 0.434 e. The summed E-state index contributed by atoms with van der Waals surface area (Å²) in [4.78, 5) is 46.3. The second-order valence-corrected chi connectivity index (χ2v) is 10.0. The van der Waals surface area contributed by atoms with Crippen LogP contribution in [0.25, 0.3) is 0 Å². The average Bonchev–Trinajstić information content (AvgIpc) is 2.83. The molecule has 0 bridgehead atoms. The van der Waals surface area contributed by atoms with E-state index in [9.17, 15) is 31.9 Å². The highest BCUT2D eigenvalue weighted by molar-refractivity contribution is 6.30. The molecule has 15 heteroatoms. The van der Waals surface area contributed by atoms with Gasteiger partial charge in [-0.05, 0) is 45.7 Å². The number of likely N-dealkylation sites (tertiary alicyclic amines) is 1. The van der Waals surface area contributed by atoms with Gasteiger partial charge in [-0.2, -0.15) is 13.2 Å². The molecule has 10 nitrogen and oxygen atoms in total. The van der Waals surface area contributed by atoms with Crippen LogP contribution in [0.15, 0.2) is 30.6 Å². The number of hydrogen-bond acceptors (Lipinski definition) is 7. The monoisotopic (exact) mass is 575 g/mol. The third kappa shape index (κ3) is 8.67. The fourth-order valence-corrected chi connectivity index (χ4v) is 3.76. The smallest absolute Gasteiger partial charge is 0.434 e. The molecule has 2 heterocycles. The predicted octanol–water partition coefficient (Wildman–Crippen LogP) is 4.19. The summed E-state index contributed by atoms with van der Waals surface area (Å²) in [5, 5.41) is 4.85. The van der Waals surface area contributed by atoms with E-state index in [1.54, 1.807) is 20.8 Å². The Kier molecular flexibility index (Phi) is 9.20. The summed E-state index contributed by atoms with van der Waals surface area (Å²) in [5.41, 5.74) is -2.21. The Labute approximate surface area is 226 Å². The molecule has 1 aromatic heterocycles. The molecule has 3 amide bonds. The van der Waals surface area contributed by atoms with Crippen LogP contribution in [-0.2, 0) is 20.5 Å². The van der Waals surface area contributed by atoms with E-state index in [0.29, 0.717) is 6.20 Å². The second kappa shape index (κ2) is 12.0. The first-order valence-corrected chi connectivity index (χ1v) is 12.1. The van der Waals surface area contributed by atoms with Gasteiger partial charge in [-0.15, -0.1) is 0 Å². The van der Waals surface area contributed by atoms with Crippen LogP contribution in [0.4, 0.5) is 28.2 Å². The molecule has 3 rings (SSSR count). The summed E-state index contributed by atoms with van der Waals surface area (Å²) in [6.07, 6.45) is -3.87. The molecule has 0 unspecified atom stereocenters. The lowest BCUT2D eigenvalue weighted by Crippen LogP contribution is -2.58. The van der Waals surface area contributed by atoms with Crippen LogP contribution in [0.1, 0.15) is 39.3 Å². The van der Waals surface area contributed by atoms with Crippen LogP contribution in [0.2, 0.25) is 5.02 Å². The van der Waals surface area contributed by atoms with Gasteiger partial charge in [0.15, 0.2) is 18.1 Å². The van der Waals surface area contributed by atoms with Crippen LogP contribution in [0.3, 0.4) is 0 Å². The summed E-state index contributed by atoms with van der Waals surface area (Å²) in [6.45, 7) is 4.28. The van der Waals surface area contributed by atoms with Gasteiger partial charge in [0.05, 0.1) is 17.4 Å². The van der Waals surface area contributed by atoms with Crippen LogP contribution < -0.4 is 15.4 Å². The maximum atomic E-state index is 13.6. The molecule has 0 saturated carbocycles. The topological polar surface area (TPSA) is 123 Å². The molecule has 0 aliphatic carbocycles. The highest BCUT2D eigenvalue weighted by Crippen LogP contribution is 2.28. The van der Waals surface area contributed by atoms with Crippen LogP contribution in [-0.4, -0.2) is 63.6 Å². The number of hydrogen-bond donors (Lipinski definition) is 2. The van der Waals surface area contributed by atoms with E-state index < -0.39 is 65.7 Å². The summed E-state index contributed by atoms with van der Waals surface area (Å²) in [5.74, 6) is -2.44. The van der Waals surface area contributed by atoms with Gasteiger partial charge in [0.1, 0.15) is 23.2 Å². The fourth-order valence-electron chi connectivity index (χ4n) is 3.64. The maximum absolute atomic E-state index is 13.6.